The van der Waals surface area contributed by atoms with Crippen LogP contribution in [0.25, 0.3) is 0 Å². The van der Waals surface area contributed by atoms with E-state index in [1.165, 1.54) is 11.8 Å². The Morgan fingerprint density at radius 3 is 2.71 bits per heavy atom. The Bertz CT molecular complexity index is 673. The van der Waals surface area contributed by atoms with Gasteiger partial charge in [0.05, 0.1) is 16.5 Å². The van der Waals surface area contributed by atoms with Gasteiger partial charge in [-0.25, -0.2) is 0 Å². The third-order valence-electron chi connectivity index (χ3n) is 2.97. The third kappa shape index (κ3) is 4.41. The summed E-state index contributed by atoms with van der Waals surface area (Å²) in [5.74, 6) is 0.224. The highest BCUT2D eigenvalue weighted by atomic mass is 35.5. The molecule has 3 N–H and O–H groups in total. The van der Waals surface area contributed by atoms with Crippen molar-refractivity contribution in [2.45, 2.75) is 18.7 Å². The first-order valence-corrected chi connectivity index (χ1v) is 7.87. The Balaban J connectivity index is 1.97. The average molecular weight is 321 g/mol. The Morgan fingerprint density at radius 1 is 1.24 bits per heavy atom. The quantitative estimate of drug-likeness (QED) is 0.653. The number of thioether (sulfide) groups is 1. The summed E-state index contributed by atoms with van der Waals surface area (Å²) in [6.45, 7) is 3.95. The molecule has 0 unspecified atom stereocenters. The normalized spacial score (nSPS) is 10.4. The number of rotatable bonds is 4. The second-order valence-corrected chi connectivity index (χ2v) is 6.27. The van der Waals surface area contributed by atoms with Crippen molar-refractivity contribution in [1.82, 2.24) is 0 Å². The average Bonchev–Trinajstić information content (AvgIpc) is 2.43. The van der Waals surface area contributed by atoms with Crippen molar-refractivity contribution in [2.24, 2.45) is 0 Å². The molecular formula is C16H17ClN2OS. The van der Waals surface area contributed by atoms with Gasteiger partial charge in [-0.2, -0.15) is 0 Å². The van der Waals surface area contributed by atoms with Crippen molar-refractivity contribution in [3.63, 3.8) is 0 Å². The van der Waals surface area contributed by atoms with Crippen LogP contribution in [0.1, 0.15) is 11.1 Å². The number of nitrogens with one attached hydrogen (secondary N) is 1. The summed E-state index contributed by atoms with van der Waals surface area (Å²) in [6, 6.07) is 11.2. The summed E-state index contributed by atoms with van der Waals surface area (Å²) in [6.07, 6.45) is 0. The van der Waals surface area contributed by atoms with Gasteiger partial charge in [-0.3, -0.25) is 4.79 Å². The molecule has 2 aromatic rings. The summed E-state index contributed by atoms with van der Waals surface area (Å²) < 4.78 is 0. The maximum Gasteiger partial charge on any atom is 0.234 e. The predicted molar refractivity (Wildman–Crippen MR) is 91.1 cm³/mol. The number of carbonyl (C=O) groups excluding carboxylic acids is 1. The second-order valence-electron chi connectivity index (χ2n) is 4.85. The maximum atomic E-state index is 12.0. The standard InChI is InChI=1S/C16H17ClN2OS/c1-10-3-6-14(13(17)7-10)19-16(20)9-21-15-8-12(18)5-4-11(15)2/h3-8H,9,18H2,1-2H3,(H,19,20). The fraction of sp³-hybridized carbons (Fsp3) is 0.188. The highest BCUT2D eigenvalue weighted by Crippen LogP contribution is 2.26. The van der Waals surface area contributed by atoms with Gasteiger partial charge in [0, 0.05) is 10.6 Å². The van der Waals surface area contributed by atoms with E-state index in [4.69, 9.17) is 17.3 Å². The van der Waals surface area contributed by atoms with E-state index in [1.807, 2.05) is 50.2 Å². The number of aryl methyl sites for hydroxylation is 2. The van der Waals surface area contributed by atoms with E-state index < -0.39 is 0 Å². The zero-order valence-electron chi connectivity index (χ0n) is 11.9. The topological polar surface area (TPSA) is 55.1 Å². The summed E-state index contributed by atoms with van der Waals surface area (Å²) in [5, 5.41) is 3.37. The molecule has 0 bridgehead atoms. The molecule has 0 fully saturated rings. The molecule has 5 heteroatoms. The van der Waals surface area contributed by atoms with E-state index >= 15 is 0 Å². The first kappa shape index (κ1) is 15.7. The van der Waals surface area contributed by atoms with Crippen LogP contribution in [0.2, 0.25) is 5.02 Å². The molecular weight excluding hydrogens is 304 g/mol. The molecule has 2 aromatic carbocycles. The lowest BCUT2D eigenvalue weighted by molar-refractivity contribution is -0.113. The summed E-state index contributed by atoms with van der Waals surface area (Å²) >= 11 is 7.56. The van der Waals surface area contributed by atoms with Crippen molar-refractivity contribution in [3.8, 4) is 0 Å². The second kappa shape index (κ2) is 6.87. The van der Waals surface area contributed by atoms with Crippen LogP contribution >= 0.6 is 23.4 Å². The molecule has 110 valence electrons. The number of hydrogen-bond acceptors (Lipinski definition) is 3. The van der Waals surface area contributed by atoms with Gasteiger partial charge in [-0.05, 0) is 49.2 Å². The molecule has 21 heavy (non-hydrogen) atoms. The molecule has 0 aromatic heterocycles. The first-order valence-electron chi connectivity index (χ1n) is 6.50. The van der Waals surface area contributed by atoms with Crippen LogP contribution in [0, 0.1) is 13.8 Å². The molecule has 2 rings (SSSR count). The van der Waals surface area contributed by atoms with Crippen molar-refractivity contribution < 1.29 is 4.79 Å². The largest absolute Gasteiger partial charge is 0.399 e. The van der Waals surface area contributed by atoms with E-state index in [0.717, 1.165) is 16.0 Å². The van der Waals surface area contributed by atoms with Crippen LogP contribution in [0.15, 0.2) is 41.3 Å². The van der Waals surface area contributed by atoms with E-state index in [1.54, 1.807) is 0 Å². The van der Waals surface area contributed by atoms with Crippen LogP contribution < -0.4 is 11.1 Å². The molecule has 1 amide bonds. The van der Waals surface area contributed by atoms with Gasteiger partial charge in [-0.15, -0.1) is 11.8 Å². The van der Waals surface area contributed by atoms with Crippen LogP contribution in [0.4, 0.5) is 11.4 Å². The zero-order valence-corrected chi connectivity index (χ0v) is 13.5. The van der Waals surface area contributed by atoms with Crippen molar-refractivity contribution in [2.75, 3.05) is 16.8 Å². The molecule has 0 aliphatic carbocycles. The zero-order chi connectivity index (χ0) is 15.4. The molecule has 0 heterocycles. The minimum atomic E-state index is -0.0902. The van der Waals surface area contributed by atoms with E-state index in [-0.39, 0.29) is 5.91 Å². The number of halogens is 1. The highest BCUT2D eigenvalue weighted by Gasteiger charge is 2.08. The predicted octanol–water partition coefficient (Wildman–Crippen LogP) is 4.27. The van der Waals surface area contributed by atoms with Gasteiger partial charge in [0.1, 0.15) is 0 Å². The van der Waals surface area contributed by atoms with Gasteiger partial charge < -0.3 is 11.1 Å². The number of hydrogen-bond donors (Lipinski definition) is 2. The SMILES string of the molecule is Cc1ccc(NC(=O)CSc2cc(N)ccc2C)c(Cl)c1. The molecule has 0 spiro atoms. The Kier molecular flexibility index (Phi) is 5.15. The summed E-state index contributed by atoms with van der Waals surface area (Å²) in [4.78, 5) is 13.0. The lowest BCUT2D eigenvalue weighted by atomic mass is 10.2. The molecule has 0 saturated heterocycles. The number of anilines is 2. The number of benzene rings is 2. The molecule has 0 aliphatic rings. The van der Waals surface area contributed by atoms with E-state index in [2.05, 4.69) is 5.32 Å². The number of amides is 1. The minimum absolute atomic E-state index is 0.0902. The molecule has 0 aliphatic heterocycles. The number of nitrogens with two attached hydrogens (primary N) is 1. The lowest BCUT2D eigenvalue weighted by Gasteiger charge is -2.09. The van der Waals surface area contributed by atoms with Gasteiger partial charge in [0.25, 0.3) is 0 Å². The first-order chi connectivity index (χ1) is 9.95. The van der Waals surface area contributed by atoms with Gasteiger partial charge >= 0.3 is 0 Å². The molecule has 0 radical (unpaired) electrons. The van der Waals surface area contributed by atoms with E-state index in [9.17, 15) is 4.79 Å². The molecule has 3 nitrogen and oxygen atoms in total. The van der Waals surface area contributed by atoms with Gasteiger partial charge in [0.15, 0.2) is 0 Å². The fourth-order valence-corrected chi connectivity index (χ4v) is 2.98. The van der Waals surface area contributed by atoms with Crippen LogP contribution in [-0.2, 0) is 4.79 Å². The van der Waals surface area contributed by atoms with Crippen LogP contribution in [0.3, 0.4) is 0 Å². The van der Waals surface area contributed by atoms with E-state index in [0.29, 0.717) is 22.2 Å². The van der Waals surface area contributed by atoms with Crippen LogP contribution in [0.5, 0.6) is 0 Å². The number of carbonyl (C=O) groups is 1. The third-order valence-corrected chi connectivity index (χ3v) is 4.44. The molecule has 0 saturated carbocycles. The smallest absolute Gasteiger partial charge is 0.234 e. The minimum Gasteiger partial charge on any atom is -0.399 e. The Labute approximate surface area is 133 Å². The van der Waals surface area contributed by atoms with Crippen molar-refractivity contribution in [1.29, 1.82) is 0 Å². The van der Waals surface area contributed by atoms with Crippen molar-refractivity contribution >= 4 is 40.6 Å². The molecule has 0 atom stereocenters. The fourth-order valence-electron chi connectivity index (χ4n) is 1.82. The monoisotopic (exact) mass is 320 g/mol. The maximum absolute atomic E-state index is 12.0. The van der Waals surface area contributed by atoms with Crippen LogP contribution in [-0.4, -0.2) is 11.7 Å². The lowest BCUT2D eigenvalue weighted by Crippen LogP contribution is -2.14. The Hall–Kier alpha value is -1.65. The summed E-state index contributed by atoms with van der Waals surface area (Å²) in [5.41, 5.74) is 9.26. The summed E-state index contributed by atoms with van der Waals surface area (Å²) in [7, 11) is 0. The van der Waals surface area contributed by atoms with Gasteiger partial charge in [0.2, 0.25) is 5.91 Å². The Morgan fingerprint density at radius 2 is 2.00 bits per heavy atom. The van der Waals surface area contributed by atoms with Gasteiger partial charge in [-0.1, -0.05) is 23.7 Å². The highest BCUT2D eigenvalue weighted by molar-refractivity contribution is 8.00. The van der Waals surface area contributed by atoms with Crippen molar-refractivity contribution in [3.05, 3.63) is 52.5 Å². The number of nitrogen functional groups attached to an aromatic ring is 1.